The molecule has 6 nitrogen and oxygen atoms in total. The molecule has 3 rings (SSSR count). The predicted molar refractivity (Wildman–Crippen MR) is 110 cm³/mol. The van der Waals surface area contributed by atoms with Gasteiger partial charge in [0.15, 0.2) is 0 Å². The quantitative estimate of drug-likeness (QED) is 0.581. The normalized spacial score (nSPS) is 18.2. The van der Waals surface area contributed by atoms with Gasteiger partial charge in [0.2, 0.25) is 0 Å². The Balaban J connectivity index is 0.00000136. The third-order valence-corrected chi connectivity index (χ3v) is 5.46. The number of aryl methyl sites for hydroxylation is 1. The summed E-state index contributed by atoms with van der Waals surface area (Å²) in [5.74, 6) is -0.266. The molecule has 0 unspecified atom stereocenters. The van der Waals surface area contributed by atoms with Gasteiger partial charge < -0.3 is 10.2 Å². The van der Waals surface area contributed by atoms with Gasteiger partial charge in [0.05, 0.1) is 16.2 Å². The molecule has 1 saturated carbocycles. The molecule has 1 aromatic rings. The number of carbonyl (C=O) groups is 1. The summed E-state index contributed by atoms with van der Waals surface area (Å²) in [6, 6.07) is 3.21. The molecule has 0 bridgehead atoms. The Morgan fingerprint density at radius 3 is 2.32 bits per heavy atom. The lowest BCUT2D eigenvalue weighted by Crippen LogP contribution is -2.39. The van der Waals surface area contributed by atoms with Crippen LogP contribution < -0.4 is 10.2 Å². The number of nitro benzene ring substituents is 1. The van der Waals surface area contributed by atoms with Crippen molar-refractivity contribution in [1.82, 2.24) is 5.32 Å². The Bertz CT molecular complexity index is 682. The van der Waals surface area contributed by atoms with Crippen molar-refractivity contribution in [3.63, 3.8) is 0 Å². The highest BCUT2D eigenvalue weighted by Gasteiger charge is 2.27. The molecule has 7 heteroatoms. The number of amides is 1. The minimum Gasteiger partial charge on any atom is -0.371 e. The van der Waals surface area contributed by atoms with E-state index < -0.39 is 11.1 Å². The maximum Gasteiger partial charge on any atom is 0.273 e. The van der Waals surface area contributed by atoms with Crippen molar-refractivity contribution in [2.75, 3.05) is 18.0 Å². The van der Waals surface area contributed by atoms with Gasteiger partial charge in [0.25, 0.3) is 11.6 Å². The molecule has 0 spiro atoms. The minimum atomic E-state index is -0.815. The van der Waals surface area contributed by atoms with E-state index in [-0.39, 0.29) is 17.6 Å². The van der Waals surface area contributed by atoms with E-state index in [0.717, 1.165) is 25.7 Å². The van der Waals surface area contributed by atoms with E-state index in [0.29, 0.717) is 42.7 Å². The molecule has 1 heterocycles. The van der Waals surface area contributed by atoms with Gasteiger partial charge in [-0.1, -0.05) is 33.1 Å². The molecule has 156 valence electrons. The van der Waals surface area contributed by atoms with Crippen molar-refractivity contribution in [2.45, 2.75) is 77.9 Å². The molecule has 1 saturated heterocycles. The average Bonchev–Trinajstić information content (AvgIpc) is 2.70. The standard InChI is InChI=1S/C19H26FN3O3.C2H6/c1-13-11-18(22-9-7-14(20)8-10-22)16(12-17(13)23(25)26)19(24)21-15-5-3-2-4-6-15;1-2/h11-12,14-15H,2-10H2,1H3,(H,21,24);1-2H3. The van der Waals surface area contributed by atoms with Crippen molar-refractivity contribution < 1.29 is 14.1 Å². The van der Waals surface area contributed by atoms with Crippen LogP contribution in [0.2, 0.25) is 0 Å². The molecular weight excluding hydrogens is 361 g/mol. The van der Waals surface area contributed by atoms with Crippen LogP contribution >= 0.6 is 0 Å². The lowest BCUT2D eigenvalue weighted by Gasteiger charge is -2.32. The van der Waals surface area contributed by atoms with Gasteiger partial charge in [-0.25, -0.2) is 4.39 Å². The van der Waals surface area contributed by atoms with Crippen LogP contribution in [0.1, 0.15) is 74.7 Å². The summed E-state index contributed by atoms with van der Waals surface area (Å²) >= 11 is 0. The fourth-order valence-corrected chi connectivity index (χ4v) is 3.92. The first-order valence-electron chi connectivity index (χ1n) is 10.4. The van der Waals surface area contributed by atoms with Gasteiger partial charge in [-0.3, -0.25) is 14.9 Å². The number of halogens is 1. The second-order valence-corrected chi connectivity index (χ2v) is 7.38. The van der Waals surface area contributed by atoms with E-state index in [4.69, 9.17) is 0 Å². The number of nitrogens with zero attached hydrogens (tertiary/aromatic N) is 2. The number of piperidine rings is 1. The van der Waals surface area contributed by atoms with Gasteiger partial charge >= 0.3 is 0 Å². The molecule has 0 atom stereocenters. The minimum absolute atomic E-state index is 0.0529. The molecule has 1 aromatic carbocycles. The van der Waals surface area contributed by atoms with Crippen LogP contribution in [0.15, 0.2) is 12.1 Å². The first-order chi connectivity index (χ1) is 13.5. The number of hydrogen-bond acceptors (Lipinski definition) is 4. The van der Waals surface area contributed by atoms with Crippen molar-refractivity contribution in [3.05, 3.63) is 33.4 Å². The topological polar surface area (TPSA) is 75.5 Å². The molecule has 0 aromatic heterocycles. The second-order valence-electron chi connectivity index (χ2n) is 7.38. The summed E-state index contributed by atoms with van der Waals surface area (Å²) in [4.78, 5) is 25.7. The van der Waals surface area contributed by atoms with E-state index in [1.807, 2.05) is 18.7 Å². The number of hydrogen-bond donors (Lipinski definition) is 1. The maximum atomic E-state index is 13.5. The zero-order chi connectivity index (χ0) is 20.7. The van der Waals surface area contributed by atoms with Crippen molar-refractivity contribution in [2.24, 2.45) is 0 Å². The zero-order valence-electron chi connectivity index (χ0n) is 17.2. The van der Waals surface area contributed by atoms with E-state index in [1.54, 1.807) is 13.0 Å². The average molecular weight is 394 g/mol. The van der Waals surface area contributed by atoms with E-state index >= 15 is 0 Å². The van der Waals surface area contributed by atoms with Crippen LogP contribution in [0.5, 0.6) is 0 Å². The molecule has 28 heavy (non-hydrogen) atoms. The largest absolute Gasteiger partial charge is 0.371 e. The number of nitro groups is 1. The highest BCUT2D eigenvalue weighted by Crippen LogP contribution is 2.32. The molecule has 2 aliphatic rings. The highest BCUT2D eigenvalue weighted by molar-refractivity contribution is 6.01. The Kier molecular flexibility index (Phi) is 8.20. The fraction of sp³-hybridized carbons (Fsp3) is 0.667. The maximum absolute atomic E-state index is 13.5. The Morgan fingerprint density at radius 1 is 1.14 bits per heavy atom. The Morgan fingerprint density at radius 2 is 1.75 bits per heavy atom. The predicted octanol–water partition coefficient (Wildman–Crippen LogP) is 4.93. The van der Waals surface area contributed by atoms with Crippen molar-refractivity contribution in [1.29, 1.82) is 0 Å². The first kappa shape index (κ1) is 22.1. The zero-order valence-corrected chi connectivity index (χ0v) is 17.2. The molecule has 0 radical (unpaired) electrons. The number of nitrogens with one attached hydrogen (secondary N) is 1. The number of benzene rings is 1. The molecule has 2 fully saturated rings. The van der Waals surface area contributed by atoms with E-state index in [2.05, 4.69) is 5.32 Å². The highest BCUT2D eigenvalue weighted by atomic mass is 19.1. The van der Waals surface area contributed by atoms with Gasteiger partial charge in [-0.05, 0) is 38.7 Å². The Labute approximate surface area is 166 Å². The van der Waals surface area contributed by atoms with Crippen LogP contribution in [-0.2, 0) is 0 Å². The van der Waals surface area contributed by atoms with E-state index in [1.165, 1.54) is 12.5 Å². The summed E-state index contributed by atoms with van der Waals surface area (Å²) in [5, 5.41) is 14.4. The molecule has 1 amide bonds. The number of carbonyl (C=O) groups excluding carboxylic acids is 1. The molecule has 1 aliphatic carbocycles. The third-order valence-electron chi connectivity index (χ3n) is 5.46. The van der Waals surface area contributed by atoms with E-state index in [9.17, 15) is 19.3 Å². The third kappa shape index (κ3) is 5.42. The Hall–Kier alpha value is -2.18. The van der Waals surface area contributed by atoms with Gasteiger partial charge in [-0.15, -0.1) is 0 Å². The fourth-order valence-electron chi connectivity index (χ4n) is 3.92. The van der Waals surface area contributed by atoms with Gasteiger partial charge in [0, 0.05) is 30.8 Å². The summed E-state index contributed by atoms with van der Waals surface area (Å²) in [6.45, 7) is 6.70. The van der Waals surface area contributed by atoms with Crippen LogP contribution in [-0.4, -0.2) is 36.1 Å². The smallest absolute Gasteiger partial charge is 0.273 e. The summed E-state index contributed by atoms with van der Waals surface area (Å²) < 4.78 is 13.5. The lowest BCUT2D eigenvalue weighted by molar-refractivity contribution is -0.385. The molecule has 1 aliphatic heterocycles. The van der Waals surface area contributed by atoms with Crippen molar-refractivity contribution in [3.8, 4) is 0 Å². The van der Waals surface area contributed by atoms with Crippen LogP contribution in [0, 0.1) is 17.0 Å². The summed E-state index contributed by atoms with van der Waals surface area (Å²) in [6.07, 6.45) is 5.28. The summed E-state index contributed by atoms with van der Waals surface area (Å²) in [7, 11) is 0. The monoisotopic (exact) mass is 393 g/mol. The number of rotatable bonds is 4. The van der Waals surface area contributed by atoms with Crippen LogP contribution in [0.4, 0.5) is 15.8 Å². The second kappa shape index (κ2) is 10.4. The number of anilines is 1. The number of alkyl halides is 1. The van der Waals surface area contributed by atoms with Crippen LogP contribution in [0.25, 0.3) is 0 Å². The van der Waals surface area contributed by atoms with Gasteiger partial charge in [0.1, 0.15) is 6.17 Å². The summed E-state index contributed by atoms with van der Waals surface area (Å²) in [5.41, 5.74) is 1.46. The van der Waals surface area contributed by atoms with Gasteiger partial charge in [-0.2, -0.15) is 0 Å². The SMILES string of the molecule is CC.Cc1cc(N2CCC(F)CC2)c(C(=O)NC2CCCCC2)cc1[N+](=O)[O-]. The van der Waals surface area contributed by atoms with Crippen LogP contribution in [0.3, 0.4) is 0 Å². The molecular formula is C21H32FN3O3. The lowest BCUT2D eigenvalue weighted by atomic mass is 9.95. The molecule has 1 N–H and O–H groups in total. The first-order valence-corrected chi connectivity index (χ1v) is 10.4. The van der Waals surface area contributed by atoms with Crippen molar-refractivity contribution >= 4 is 17.3 Å².